The van der Waals surface area contributed by atoms with Crippen molar-refractivity contribution in [2.45, 2.75) is 13.8 Å². The van der Waals surface area contributed by atoms with Gasteiger partial charge >= 0.3 is 0 Å². The number of amides is 1. The molecule has 0 aliphatic rings. The number of nitrogens with one attached hydrogen (secondary N) is 2. The van der Waals surface area contributed by atoms with E-state index in [-0.39, 0.29) is 11.7 Å². The first-order valence-electron chi connectivity index (χ1n) is 6.48. The molecule has 0 aliphatic carbocycles. The zero-order valence-electron chi connectivity index (χ0n) is 11.7. The maximum atomic E-state index is 13.2. The lowest BCUT2D eigenvalue weighted by Crippen LogP contribution is -2.13. The molecule has 0 aliphatic heterocycles. The van der Waals surface area contributed by atoms with Crippen LogP contribution in [0.2, 0.25) is 0 Å². The summed E-state index contributed by atoms with van der Waals surface area (Å²) in [5.74, 6) is 0.0169. The van der Waals surface area contributed by atoms with Crippen LogP contribution in [0.15, 0.2) is 34.8 Å². The van der Waals surface area contributed by atoms with Crippen LogP contribution < -0.4 is 10.6 Å². The molecule has 0 saturated carbocycles. The number of halogens is 2. The second kappa shape index (κ2) is 6.67. The second-order valence-corrected chi connectivity index (χ2v) is 5.35. The van der Waals surface area contributed by atoms with E-state index in [1.807, 2.05) is 13.8 Å². The maximum Gasteiger partial charge on any atom is 0.255 e. The van der Waals surface area contributed by atoms with Gasteiger partial charge in [0.2, 0.25) is 0 Å². The predicted molar refractivity (Wildman–Crippen MR) is 85.2 cm³/mol. The monoisotopic (exact) mass is 351 g/mol. The highest BCUT2D eigenvalue weighted by Gasteiger charge is 2.10. The van der Waals surface area contributed by atoms with Gasteiger partial charge in [-0.25, -0.2) is 9.37 Å². The Morgan fingerprint density at radius 2 is 2.10 bits per heavy atom. The van der Waals surface area contributed by atoms with Gasteiger partial charge in [-0.15, -0.1) is 0 Å². The molecule has 0 saturated heterocycles. The molecule has 0 spiro atoms. The normalized spacial score (nSPS) is 10.3. The zero-order chi connectivity index (χ0) is 15.4. The maximum absolute atomic E-state index is 13.2. The topological polar surface area (TPSA) is 54.0 Å². The van der Waals surface area contributed by atoms with Crippen LogP contribution in [0.3, 0.4) is 0 Å². The number of pyridine rings is 1. The Kier molecular flexibility index (Phi) is 4.90. The van der Waals surface area contributed by atoms with Crippen molar-refractivity contribution in [3.05, 3.63) is 51.9 Å². The van der Waals surface area contributed by atoms with Gasteiger partial charge < -0.3 is 10.6 Å². The Hall–Kier alpha value is -1.95. The molecule has 1 aromatic heterocycles. The molecule has 2 rings (SSSR count). The summed E-state index contributed by atoms with van der Waals surface area (Å²) >= 11 is 3.09. The van der Waals surface area contributed by atoms with Crippen molar-refractivity contribution in [1.29, 1.82) is 0 Å². The largest absolute Gasteiger partial charge is 0.370 e. The minimum absolute atomic E-state index is 0.266. The van der Waals surface area contributed by atoms with Gasteiger partial charge in [0.15, 0.2) is 0 Å². The average molecular weight is 352 g/mol. The number of hydrogen-bond acceptors (Lipinski definition) is 3. The molecule has 0 radical (unpaired) electrons. The minimum Gasteiger partial charge on any atom is -0.370 e. The first-order valence-corrected chi connectivity index (χ1v) is 7.28. The van der Waals surface area contributed by atoms with E-state index in [1.165, 1.54) is 18.2 Å². The number of carbonyl (C=O) groups excluding carboxylic acids is 1. The SMILES string of the molecule is CCNc1cc(C(=O)Nc2ccc(F)c(Br)c2)cc(C)n1. The molecule has 0 fully saturated rings. The highest BCUT2D eigenvalue weighted by Crippen LogP contribution is 2.21. The third kappa shape index (κ3) is 4.01. The smallest absolute Gasteiger partial charge is 0.255 e. The molecule has 2 N–H and O–H groups in total. The van der Waals surface area contributed by atoms with Gasteiger partial charge in [-0.1, -0.05) is 0 Å². The minimum atomic E-state index is -0.373. The number of aromatic nitrogens is 1. The fraction of sp³-hybridized carbons (Fsp3) is 0.200. The zero-order valence-corrected chi connectivity index (χ0v) is 13.3. The van der Waals surface area contributed by atoms with Crippen LogP contribution in [0.1, 0.15) is 23.0 Å². The van der Waals surface area contributed by atoms with Crippen LogP contribution in [0.5, 0.6) is 0 Å². The number of aryl methyl sites for hydroxylation is 1. The van der Waals surface area contributed by atoms with Crippen molar-refractivity contribution in [3.63, 3.8) is 0 Å². The summed E-state index contributed by atoms with van der Waals surface area (Å²) in [5, 5.41) is 5.81. The lowest BCUT2D eigenvalue weighted by Gasteiger charge is -2.09. The first kappa shape index (κ1) is 15.4. The van der Waals surface area contributed by atoms with Crippen molar-refractivity contribution in [2.24, 2.45) is 0 Å². The summed E-state index contributed by atoms with van der Waals surface area (Å²) in [6.07, 6.45) is 0. The molecule has 0 atom stereocenters. The Labute approximate surface area is 130 Å². The highest BCUT2D eigenvalue weighted by atomic mass is 79.9. The van der Waals surface area contributed by atoms with Crippen molar-refractivity contribution < 1.29 is 9.18 Å². The molecule has 6 heteroatoms. The van der Waals surface area contributed by atoms with E-state index in [2.05, 4.69) is 31.5 Å². The summed E-state index contributed by atoms with van der Waals surface area (Å²) < 4.78 is 13.5. The van der Waals surface area contributed by atoms with Gasteiger partial charge in [0.1, 0.15) is 11.6 Å². The molecule has 0 unspecified atom stereocenters. The Morgan fingerprint density at radius 1 is 1.33 bits per heavy atom. The van der Waals surface area contributed by atoms with Crippen LogP contribution >= 0.6 is 15.9 Å². The Bertz CT molecular complexity index is 676. The van der Waals surface area contributed by atoms with E-state index >= 15 is 0 Å². The van der Waals surface area contributed by atoms with E-state index < -0.39 is 0 Å². The van der Waals surface area contributed by atoms with E-state index in [4.69, 9.17) is 0 Å². The van der Waals surface area contributed by atoms with E-state index in [1.54, 1.807) is 12.1 Å². The van der Waals surface area contributed by atoms with Gasteiger partial charge in [0, 0.05) is 23.5 Å². The van der Waals surface area contributed by atoms with E-state index in [0.29, 0.717) is 21.5 Å². The summed E-state index contributed by atoms with van der Waals surface area (Å²) in [6, 6.07) is 7.71. The lowest BCUT2D eigenvalue weighted by atomic mass is 10.2. The third-order valence-electron chi connectivity index (χ3n) is 2.75. The highest BCUT2D eigenvalue weighted by molar-refractivity contribution is 9.10. The van der Waals surface area contributed by atoms with Gasteiger partial charge in [-0.05, 0) is 60.1 Å². The number of carbonyl (C=O) groups is 1. The van der Waals surface area contributed by atoms with Crippen LogP contribution in [0, 0.1) is 12.7 Å². The number of benzene rings is 1. The first-order chi connectivity index (χ1) is 9.99. The molecular formula is C15H15BrFN3O. The van der Waals surface area contributed by atoms with E-state index in [9.17, 15) is 9.18 Å². The number of hydrogen-bond donors (Lipinski definition) is 2. The van der Waals surface area contributed by atoms with Crippen LogP contribution in [-0.2, 0) is 0 Å². The third-order valence-corrected chi connectivity index (χ3v) is 3.36. The average Bonchev–Trinajstić information content (AvgIpc) is 2.42. The van der Waals surface area contributed by atoms with Crippen LogP contribution in [0.4, 0.5) is 15.9 Å². The molecule has 0 bridgehead atoms. The quantitative estimate of drug-likeness (QED) is 0.875. The standard InChI is InChI=1S/C15H15BrFN3O/c1-3-18-14-7-10(6-9(2)19-14)15(21)20-11-4-5-13(17)12(16)8-11/h4-8H,3H2,1-2H3,(H,18,19)(H,20,21). The number of rotatable bonds is 4. The molecule has 1 amide bonds. The van der Waals surface area contributed by atoms with Crippen molar-refractivity contribution in [2.75, 3.05) is 17.2 Å². The van der Waals surface area contributed by atoms with Gasteiger partial charge in [0.25, 0.3) is 5.91 Å². The Morgan fingerprint density at radius 3 is 2.76 bits per heavy atom. The van der Waals surface area contributed by atoms with Crippen molar-refractivity contribution in [3.8, 4) is 0 Å². The summed E-state index contributed by atoms with van der Waals surface area (Å²) in [4.78, 5) is 16.5. The second-order valence-electron chi connectivity index (χ2n) is 4.50. The number of anilines is 2. The fourth-order valence-corrected chi connectivity index (χ4v) is 2.23. The number of nitrogens with zero attached hydrogens (tertiary/aromatic N) is 1. The predicted octanol–water partition coefficient (Wildman–Crippen LogP) is 3.98. The van der Waals surface area contributed by atoms with E-state index in [0.717, 1.165) is 12.2 Å². The van der Waals surface area contributed by atoms with Gasteiger partial charge in [0.05, 0.1) is 4.47 Å². The molecule has 1 aromatic carbocycles. The van der Waals surface area contributed by atoms with Crippen molar-refractivity contribution >= 4 is 33.3 Å². The molecule has 2 aromatic rings. The van der Waals surface area contributed by atoms with Crippen LogP contribution in [0.25, 0.3) is 0 Å². The van der Waals surface area contributed by atoms with Gasteiger partial charge in [-0.2, -0.15) is 0 Å². The molecule has 21 heavy (non-hydrogen) atoms. The van der Waals surface area contributed by atoms with Crippen molar-refractivity contribution in [1.82, 2.24) is 4.98 Å². The molecule has 1 heterocycles. The lowest BCUT2D eigenvalue weighted by molar-refractivity contribution is 0.102. The molecule has 4 nitrogen and oxygen atoms in total. The fourth-order valence-electron chi connectivity index (χ4n) is 1.85. The summed E-state index contributed by atoms with van der Waals surface area (Å²) in [7, 11) is 0. The summed E-state index contributed by atoms with van der Waals surface area (Å²) in [6.45, 7) is 4.51. The van der Waals surface area contributed by atoms with Crippen LogP contribution in [-0.4, -0.2) is 17.4 Å². The molecule has 110 valence electrons. The summed E-state index contributed by atoms with van der Waals surface area (Å²) in [5.41, 5.74) is 1.77. The van der Waals surface area contributed by atoms with Gasteiger partial charge in [-0.3, -0.25) is 4.79 Å². The Balaban J connectivity index is 2.21. The molecular weight excluding hydrogens is 337 g/mol.